The van der Waals surface area contributed by atoms with Crippen molar-refractivity contribution in [3.05, 3.63) is 33.3 Å². The third-order valence-corrected chi connectivity index (χ3v) is 3.59. The maximum atomic E-state index is 12.0. The molecule has 1 fully saturated rings. The molecule has 98 valence electrons. The van der Waals surface area contributed by atoms with Crippen LogP contribution in [0.1, 0.15) is 19.3 Å². The second-order valence-electron chi connectivity index (χ2n) is 4.42. The summed E-state index contributed by atoms with van der Waals surface area (Å²) in [5.41, 5.74) is -1.03. The molecule has 0 radical (unpaired) electrons. The molecule has 0 unspecified atom stereocenters. The highest BCUT2D eigenvalue weighted by molar-refractivity contribution is 6.33. The molecule has 0 aliphatic heterocycles. The number of nitrogens with zero attached hydrogens (tertiary/aromatic N) is 2. The summed E-state index contributed by atoms with van der Waals surface area (Å²) in [6.45, 7) is 0. The van der Waals surface area contributed by atoms with Crippen molar-refractivity contribution in [3.8, 4) is 6.07 Å². The van der Waals surface area contributed by atoms with E-state index in [0.717, 1.165) is 6.42 Å². The average Bonchev–Trinajstić information content (AvgIpc) is 2.31. The van der Waals surface area contributed by atoms with Gasteiger partial charge in [0, 0.05) is 12.1 Å². The first-order chi connectivity index (χ1) is 8.98. The third-order valence-electron chi connectivity index (χ3n) is 3.26. The number of halogens is 1. The Balaban J connectivity index is 2.24. The van der Waals surface area contributed by atoms with Crippen molar-refractivity contribution < 1.29 is 9.72 Å². The highest BCUT2D eigenvalue weighted by atomic mass is 35.5. The second-order valence-corrected chi connectivity index (χ2v) is 4.83. The Morgan fingerprint density at radius 1 is 1.53 bits per heavy atom. The highest BCUT2D eigenvalue weighted by Gasteiger charge is 2.44. The van der Waals surface area contributed by atoms with Crippen LogP contribution in [-0.2, 0) is 4.79 Å². The number of carbonyl (C=O) groups is 1. The molecular formula is C12H10ClN3O3. The Bertz CT molecular complexity index is 590. The molecule has 19 heavy (non-hydrogen) atoms. The smallest absolute Gasteiger partial charge is 0.271 e. The molecule has 1 N–H and O–H groups in total. The number of amides is 1. The fourth-order valence-corrected chi connectivity index (χ4v) is 2.05. The molecular weight excluding hydrogens is 270 g/mol. The number of anilines is 1. The zero-order valence-electron chi connectivity index (χ0n) is 9.85. The van der Waals surface area contributed by atoms with Crippen molar-refractivity contribution in [2.24, 2.45) is 5.41 Å². The van der Waals surface area contributed by atoms with Crippen molar-refractivity contribution in [1.82, 2.24) is 0 Å². The van der Waals surface area contributed by atoms with E-state index in [9.17, 15) is 14.9 Å². The van der Waals surface area contributed by atoms with Crippen molar-refractivity contribution in [1.29, 1.82) is 5.26 Å². The number of carbonyl (C=O) groups excluding carboxylic acids is 1. The zero-order valence-corrected chi connectivity index (χ0v) is 10.6. The van der Waals surface area contributed by atoms with Gasteiger partial charge in [-0.15, -0.1) is 0 Å². The number of nitrogens with one attached hydrogen (secondary N) is 1. The maximum Gasteiger partial charge on any atom is 0.271 e. The first-order valence-corrected chi connectivity index (χ1v) is 6.03. The Hall–Kier alpha value is -2.13. The lowest BCUT2D eigenvalue weighted by atomic mass is 9.69. The van der Waals surface area contributed by atoms with Gasteiger partial charge in [-0.1, -0.05) is 11.6 Å². The van der Waals surface area contributed by atoms with Gasteiger partial charge in [-0.3, -0.25) is 14.9 Å². The van der Waals surface area contributed by atoms with E-state index in [1.54, 1.807) is 0 Å². The van der Waals surface area contributed by atoms with Crippen molar-refractivity contribution >= 4 is 28.9 Å². The van der Waals surface area contributed by atoms with Crippen LogP contribution in [-0.4, -0.2) is 10.8 Å². The maximum absolute atomic E-state index is 12.0. The fourth-order valence-electron chi connectivity index (χ4n) is 1.88. The first kappa shape index (κ1) is 13.3. The van der Waals surface area contributed by atoms with Crippen LogP contribution in [0.3, 0.4) is 0 Å². The molecule has 0 atom stereocenters. The number of non-ortho nitro benzene ring substituents is 1. The SMILES string of the molecule is N#CC1(C(=O)Nc2cc([N+](=O)[O-])ccc2Cl)CCC1. The van der Waals surface area contributed by atoms with Gasteiger partial charge in [0.05, 0.1) is 21.7 Å². The zero-order chi connectivity index (χ0) is 14.0. The lowest BCUT2D eigenvalue weighted by Gasteiger charge is -2.33. The minimum atomic E-state index is -1.02. The van der Waals surface area contributed by atoms with E-state index in [2.05, 4.69) is 5.32 Å². The molecule has 1 aromatic carbocycles. The lowest BCUT2D eigenvalue weighted by molar-refractivity contribution is -0.384. The van der Waals surface area contributed by atoms with Crippen LogP contribution in [0.4, 0.5) is 11.4 Å². The van der Waals surface area contributed by atoms with Gasteiger partial charge in [0.15, 0.2) is 0 Å². The normalized spacial score (nSPS) is 16.0. The summed E-state index contributed by atoms with van der Waals surface area (Å²) >= 11 is 5.88. The summed E-state index contributed by atoms with van der Waals surface area (Å²) in [7, 11) is 0. The number of nitriles is 1. The predicted octanol–water partition coefficient (Wildman–Crippen LogP) is 2.88. The molecule has 6 nitrogen and oxygen atoms in total. The van der Waals surface area contributed by atoms with Crippen molar-refractivity contribution in [2.45, 2.75) is 19.3 Å². The average molecular weight is 280 g/mol. The van der Waals surface area contributed by atoms with Crippen LogP contribution >= 0.6 is 11.6 Å². The number of rotatable bonds is 3. The van der Waals surface area contributed by atoms with Crippen LogP contribution < -0.4 is 5.32 Å². The summed E-state index contributed by atoms with van der Waals surface area (Å²) in [5, 5.41) is 22.4. The predicted molar refractivity (Wildman–Crippen MR) is 68.6 cm³/mol. The molecule has 1 saturated carbocycles. The second kappa shape index (κ2) is 4.86. The van der Waals surface area contributed by atoms with E-state index in [0.29, 0.717) is 12.8 Å². The number of nitro benzene ring substituents is 1. The number of benzene rings is 1. The molecule has 1 aromatic rings. The Kier molecular flexibility index (Phi) is 3.40. The summed E-state index contributed by atoms with van der Waals surface area (Å²) in [6, 6.07) is 5.78. The van der Waals surface area contributed by atoms with Gasteiger partial charge in [-0.05, 0) is 25.3 Å². The minimum absolute atomic E-state index is 0.155. The lowest BCUT2D eigenvalue weighted by Crippen LogP contribution is -2.40. The summed E-state index contributed by atoms with van der Waals surface area (Å²) in [6.07, 6.45) is 1.83. The summed E-state index contributed by atoms with van der Waals surface area (Å²) < 4.78 is 0. The largest absolute Gasteiger partial charge is 0.323 e. The molecule has 0 aromatic heterocycles. The van der Waals surface area contributed by atoms with Crippen LogP contribution in [0.5, 0.6) is 0 Å². The Morgan fingerprint density at radius 2 is 2.21 bits per heavy atom. The van der Waals surface area contributed by atoms with E-state index in [4.69, 9.17) is 16.9 Å². The summed E-state index contributed by atoms with van der Waals surface area (Å²) in [5.74, 6) is -0.455. The number of nitro groups is 1. The van der Waals surface area contributed by atoms with E-state index in [1.165, 1.54) is 18.2 Å². The van der Waals surface area contributed by atoms with Gasteiger partial charge in [0.2, 0.25) is 5.91 Å². The van der Waals surface area contributed by atoms with E-state index in [1.807, 2.05) is 6.07 Å². The molecule has 0 spiro atoms. The van der Waals surface area contributed by atoms with Crippen molar-refractivity contribution in [3.63, 3.8) is 0 Å². The van der Waals surface area contributed by atoms with Gasteiger partial charge in [-0.2, -0.15) is 5.26 Å². The Morgan fingerprint density at radius 3 is 2.68 bits per heavy atom. The molecule has 7 heteroatoms. The van der Waals surface area contributed by atoms with Gasteiger partial charge in [0.1, 0.15) is 5.41 Å². The molecule has 1 aliphatic carbocycles. The first-order valence-electron chi connectivity index (χ1n) is 5.65. The standard InChI is InChI=1S/C12H10ClN3O3/c13-9-3-2-8(16(18)19)6-10(9)15-11(17)12(7-14)4-1-5-12/h2-3,6H,1,4-5H2,(H,15,17). The van der Waals surface area contributed by atoms with E-state index in [-0.39, 0.29) is 16.4 Å². The van der Waals surface area contributed by atoms with Gasteiger partial charge in [0.25, 0.3) is 5.69 Å². The van der Waals surface area contributed by atoms with Gasteiger partial charge >= 0.3 is 0 Å². The van der Waals surface area contributed by atoms with Gasteiger partial charge < -0.3 is 5.32 Å². The molecule has 0 saturated heterocycles. The topological polar surface area (TPSA) is 96.0 Å². The molecule has 1 aliphatic rings. The van der Waals surface area contributed by atoms with Crippen LogP contribution in [0, 0.1) is 26.9 Å². The molecule has 2 rings (SSSR count). The monoisotopic (exact) mass is 279 g/mol. The van der Waals surface area contributed by atoms with Crippen LogP contribution in [0.2, 0.25) is 5.02 Å². The number of hydrogen-bond acceptors (Lipinski definition) is 4. The summed E-state index contributed by atoms with van der Waals surface area (Å²) in [4.78, 5) is 22.1. The van der Waals surface area contributed by atoms with Crippen molar-refractivity contribution in [2.75, 3.05) is 5.32 Å². The van der Waals surface area contributed by atoms with Crippen LogP contribution in [0.15, 0.2) is 18.2 Å². The third kappa shape index (κ3) is 2.37. The molecule has 0 heterocycles. The Labute approximate surface area is 114 Å². The highest BCUT2D eigenvalue weighted by Crippen LogP contribution is 2.41. The van der Waals surface area contributed by atoms with Crippen LogP contribution in [0.25, 0.3) is 0 Å². The van der Waals surface area contributed by atoms with E-state index >= 15 is 0 Å². The fraction of sp³-hybridized carbons (Fsp3) is 0.333. The number of hydrogen-bond donors (Lipinski definition) is 1. The molecule has 0 bridgehead atoms. The molecule has 1 amide bonds. The minimum Gasteiger partial charge on any atom is -0.323 e. The van der Waals surface area contributed by atoms with E-state index < -0.39 is 16.2 Å². The quantitative estimate of drug-likeness (QED) is 0.679. The van der Waals surface area contributed by atoms with Gasteiger partial charge in [-0.25, -0.2) is 0 Å².